The molecular formula is C21H35N3O4. The van der Waals surface area contributed by atoms with Crippen LogP contribution in [-0.4, -0.2) is 84.4 Å². The van der Waals surface area contributed by atoms with Crippen molar-refractivity contribution in [1.29, 1.82) is 0 Å². The normalized spacial score (nSPS) is 22.2. The van der Waals surface area contributed by atoms with Crippen LogP contribution in [0.4, 0.5) is 0 Å². The molecule has 28 heavy (non-hydrogen) atoms. The second kappa shape index (κ2) is 9.25. The molecule has 158 valence electrons. The van der Waals surface area contributed by atoms with Gasteiger partial charge in [-0.1, -0.05) is 19.3 Å². The number of piperazine rings is 1. The highest BCUT2D eigenvalue weighted by Crippen LogP contribution is 2.36. The van der Waals surface area contributed by atoms with Gasteiger partial charge in [-0.15, -0.1) is 0 Å². The molecule has 3 fully saturated rings. The Kier molecular flexibility index (Phi) is 6.96. The van der Waals surface area contributed by atoms with Crippen molar-refractivity contribution in [3.8, 4) is 0 Å². The standard InChI is InChI=1S/C21H35N3O4/c1-3-28-19(26)15-21(9-5-4-6-10-21)22(2)16-18(25)23-11-13-24(14-12-23)20(27)17-7-8-17/h17H,3-16H2,1-2H3. The Bertz CT molecular complexity index is 576. The average Bonchev–Trinajstić information content (AvgIpc) is 3.53. The van der Waals surface area contributed by atoms with Crippen LogP contribution in [0, 0.1) is 5.92 Å². The summed E-state index contributed by atoms with van der Waals surface area (Å²) in [6, 6.07) is 0. The van der Waals surface area contributed by atoms with Gasteiger partial charge in [0.25, 0.3) is 0 Å². The number of likely N-dealkylation sites (N-methyl/N-ethyl adjacent to an activating group) is 1. The van der Waals surface area contributed by atoms with Crippen molar-refractivity contribution in [2.24, 2.45) is 5.92 Å². The van der Waals surface area contributed by atoms with Crippen LogP contribution in [0.25, 0.3) is 0 Å². The molecule has 2 saturated carbocycles. The summed E-state index contributed by atoms with van der Waals surface area (Å²) in [6.45, 7) is 5.02. The molecule has 1 saturated heterocycles. The van der Waals surface area contributed by atoms with Crippen LogP contribution < -0.4 is 0 Å². The summed E-state index contributed by atoms with van der Waals surface area (Å²) >= 11 is 0. The van der Waals surface area contributed by atoms with Gasteiger partial charge in [-0.3, -0.25) is 19.3 Å². The summed E-state index contributed by atoms with van der Waals surface area (Å²) in [5.74, 6) is 0.424. The van der Waals surface area contributed by atoms with Crippen LogP contribution in [0.15, 0.2) is 0 Å². The lowest BCUT2D eigenvalue weighted by Gasteiger charge is -2.45. The highest BCUT2D eigenvalue weighted by atomic mass is 16.5. The van der Waals surface area contributed by atoms with E-state index in [9.17, 15) is 14.4 Å². The lowest BCUT2D eigenvalue weighted by molar-refractivity contribution is -0.149. The third-order valence-corrected chi connectivity index (χ3v) is 6.62. The summed E-state index contributed by atoms with van der Waals surface area (Å²) in [6.07, 6.45) is 7.60. The third kappa shape index (κ3) is 5.04. The van der Waals surface area contributed by atoms with E-state index in [1.807, 2.05) is 23.8 Å². The summed E-state index contributed by atoms with van der Waals surface area (Å²) in [7, 11) is 1.97. The molecule has 7 nitrogen and oxygen atoms in total. The first-order valence-electron chi connectivity index (χ1n) is 10.9. The largest absolute Gasteiger partial charge is 0.466 e. The Morgan fingerprint density at radius 3 is 2.18 bits per heavy atom. The van der Waals surface area contributed by atoms with Crippen molar-refractivity contribution in [3.05, 3.63) is 0 Å². The summed E-state index contributed by atoms with van der Waals surface area (Å²) in [5.41, 5.74) is -0.274. The maximum absolute atomic E-state index is 12.9. The summed E-state index contributed by atoms with van der Waals surface area (Å²) in [4.78, 5) is 43.1. The number of carbonyl (C=O) groups excluding carboxylic acids is 3. The Labute approximate surface area is 168 Å². The van der Waals surface area contributed by atoms with Crippen molar-refractivity contribution in [2.45, 2.75) is 63.8 Å². The van der Waals surface area contributed by atoms with Crippen molar-refractivity contribution >= 4 is 17.8 Å². The van der Waals surface area contributed by atoms with Crippen molar-refractivity contribution in [2.75, 3.05) is 46.4 Å². The smallest absolute Gasteiger partial charge is 0.307 e. The minimum absolute atomic E-state index is 0.0924. The first kappa shape index (κ1) is 21.1. The van der Waals surface area contributed by atoms with E-state index in [2.05, 4.69) is 4.90 Å². The Balaban J connectivity index is 1.54. The molecule has 0 bridgehead atoms. The van der Waals surface area contributed by atoms with Gasteiger partial charge in [-0.05, 0) is 39.7 Å². The van der Waals surface area contributed by atoms with Gasteiger partial charge in [-0.2, -0.15) is 0 Å². The van der Waals surface area contributed by atoms with Crippen LogP contribution in [-0.2, 0) is 19.1 Å². The predicted octanol–water partition coefficient (Wildman–Crippen LogP) is 1.66. The fourth-order valence-corrected chi connectivity index (χ4v) is 4.62. The molecule has 0 atom stereocenters. The SMILES string of the molecule is CCOC(=O)CC1(N(C)CC(=O)N2CCN(C(=O)C3CC3)CC2)CCCCC1. The molecule has 3 aliphatic rings. The van der Waals surface area contributed by atoms with E-state index in [0.29, 0.717) is 45.8 Å². The molecule has 0 unspecified atom stereocenters. The van der Waals surface area contributed by atoms with Crippen LogP contribution in [0.5, 0.6) is 0 Å². The van der Waals surface area contributed by atoms with E-state index in [-0.39, 0.29) is 29.2 Å². The number of hydrogen-bond donors (Lipinski definition) is 0. The van der Waals surface area contributed by atoms with Gasteiger partial charge in [0.05, 0.1) is 19.6 Å². The van der Waals surface area contributed by atoms with Crippen molar-refractivity contribution < 1.29 is 19.1 Å². The van der Waals surface area contributed by atoms with Crippen molar-refractivity contribution in [3.63, 3.8) is 0 Å². The van der Waals surface area contributed by atoms with Crippen molar-refractivity contribution in [1.82, 2.24) is 14.7 Å². The molecule has 0 N–H and O–H groups in total. The number of rotatable bonds is 7. The molecule has 1 heterocycles. The van der Waals surface area contributed by atoms with Gasteiger partial charge in [0.1, 0.15) is 0 Å². The van der Waals surface area contributed by atoms with E-state index >= 15 is 0 Å². The zero-order chi connectivity index (χ0) is 20.1. The second-order valence-electron chi connectivity index (χ2n) is 8.60. The highest BCUT2D eigenvalue weighted by molar-refractivity contribution is 5.82. The highest BCUT2D eigenvalue weighted by Gasteiger charge is 2.40. The maximum atomic E-state index is 12.9. The monoisotopic (exact) mass is 393 g/mol. The van der Waals surface area contributed by atoms with Gasteiger partial charge in [0, 0.05) is 37.6 Å². The van der Waals surface area contributed by atoms with E-state index in [1.165, 1.54) is 6.42 Å². The summed E-state index contributed by atoms with van der Waals surface area (Å²) < 4.78 is 5.20. The predicted molar refractivity (Wildman–Crippen MR) is 106 cm³/mol. The Morgan fingerprint density at radius 1 is 1.00 bits per heavy atom. The maximum Gasteiger partial charge on any atom is 0.307 e. The number of amides is 2. The van der Waals surface area contributed by atoms with E-state index < -0.39 is 0 Å². The number of nitrogens with zero attached hydrogens (tertiary/aromatic N) is 3. The molecule has 0 aromatic rings. The first-order chi connectivity index (χ1) is 13.4. The van der Waals surface area contributed by atoms with E-state index in [4.69, 9.17) is 4.74 Å². The van der Waals surface area contributed by atoms with Gasteiger partial charge in [-0.25, -0.2) is 0 Å². The lowest BCUT2D eigenvalue weighted by Crippen LogP contribution is -2.56. The fourth-order valence-electron chi connectivity index (χ4n) is 4.62. The molecule has 3 rings (SSSR count). The molecule has 2 aliphatic carbocycles. The number of hydrogen-bond acceptors (Lipinski definition) is 5. The van der Waals surface area contributed by atoms with E-state index in [1.54, 1.807) is 0 Å². The Hall–Kier alpha value is -1.63. The second-order valence-corrected chi connectivity index (χ2v) is 8.60. The molecule has 0 aromatic heterocycles. The fraction of sp³-hybridized carbons (Fsp3) is 0.857. The molecule has 7 heteroatoms. The van der Waals surface area contributed by atoms with E-state index in [0.717, 1.165) is 38.5 Å². The zero-order valence-corrected chi connectivity index (χ0v) is 17.5. The molecule has 1 aliphatic heterocycles. The van der Waals surface area contributed by atoms with Gasteiger partial charge >= 0.3 is 5.97 Å². The van der Waals surface area contributed by atoms with Gasteiger partial charge in [0.15, 0.2) is 0 Å². The van der Waals surface area contributed by atoms with Gasteiger partial charge < -0.3 is 14.5 Å². The molecule has 0 radical (unpaired) electrons. The minimum Gasteiger partial charge on any atom is -0.466 e. The number of esters is 1. The average molecular weight is 394 g/mol. The zero-order valence-electron chi connectivity index (χ0n) is 17.5. The quantitative estimate of drug-likeness (QED) is 0.615. The number of carbonyl (C=O) groups is 3. The lowest BCUT2D eigenvalue weighted by atomic mass is 9.78. The molecule has 2 amide bonds. The van der Waals surface area contributed by atoms with Crippen LogP contribution in [0.3, 0.4) is 0 Å². The topological polar surface area (TPSA) is 70.2 Å². The Morgan fingerprint density at radius 2 is 1.61 bits per heavy atom. The molecule has 0 spiro atoms. The molecule has 0 aromatic carbocycles. The molecular weight excluding hydrogens is 358 g/mol. The first-order valence-corrected chi connectivity index (χ1v) is 10.9. The minimum atomic E-state index is -0.274. The van der Waals surface area contributed by atoms with Crippen LogP contribution in [0.1, 0.15) is 58.3 Å². The van der Waals surface area contributed by atoms with Crippen LogP contribution >= 0.6 is 0 Å². The van der Waals surface area contributed by atoms with Crippen LogP contribution in [0.2, 0.25) is 0 Å². The number of ether oxygens (including phenoxy) is 1. The third-order valence-electron chi connectivity index (χ3n) is 6.62. The van der Waals surface area contributed by atoms with Gasteiger partial charge in [0.2, 0.25) is 11.8 Å². The summed E-state index contributed by atoms with van der Waals surface area (Å²) in [5, 5.41) is 0.